The van der Waals surface area contributed by atoms with Crippen molar-refractivity contribution in [2.45, 2.75) is 44.1 Å². The number of rotatable bonds is 3. The molecule has 0 unspecified atom stereocenters. The number of hydrogen-bond donors (Lipinski definition) is 1. The number of piperidine rings is 1. The number of carbonyl (C=O) groups is 1. The van der Waals surface area contributed by atoms with Crippen LogP contribution in [0.25, 0.3) is 0 Å². The molecule has 2 atom stereocenters. The highest BCUT2D eigenvalue weighted by Gasteiger charge is 2.51. The Morgan fingerprint density at radius 3 is 2.81 bits per heavy atom. The highest BCUT2D eigenvalue weighted by Crippen LogP contribution is 2.37. The molecule has 5 heteroatoms. The van der Waals surface area contributed by atoms with E-state index in [0.29, 0.717) is 32.4 Å². The molecule has 0 radical (unpaired) electrons. The van der Waals surface area contributed by atoms with Gasteiger partial charge in [-0.3, -0.25) is 4.79 Å². The molecule has 0 aromatic carbocycles. The van der Waals surface area contributed by atoms with Crippen LogP contribution in [0.4, 0.5) is 4.39 Å². The van der Waals surface area contributed by atoms with Crippen molar-refractivity contribution in [3.05, 3.63) is 0 Å². The molecule has 2 fully saturated rings. The van der Waals surface area contributed by atoms with Crippen LogP contribution >= 0.6 is 0 Å². The topological polar surface area (TPSA) is 49.8 Å². The first kappa shape index (κ1) is 11.8. The highest BCUT2D eigenvalue weighted by molar-refractivity contribution is 5.87. The minimum atomic E-state index is -1.18. The average molecular weight is 231 g/mol. The maximum Gasteiger partial charge on any atom is 0.254 e. The number of halogens is 1. The van der Waals surface area contributed by atoms with Gasteiger partial charge in [0, 0.05) is 13.2 Å². The van der Waals surface area contributed by atoms with Gasteiger partial charge in [0.2, 0.25) is 0 Å². The molecule has 1 heterocycles. The van der Waals surface area contributed by atoms with Gasteiger partial charge in [-0.1, -0.05) is 0 Å². The first-order valence-corrected chi connectivity index (χ1v) is 5.84. The van der Waals surface area contributed by atoms with Crippen LogP contribution < -0.4 is 0 Å². The van der Waals surface area contributed by atoms with Crippen LogP contribution in [0.15, 0.2) is 0 Å². The summed E-state index contributed by atoms with van der Waals surface area (Å²) >= 11 is 0. The van der Waals surface area contributed by atoms with Crippen LogP contribution in [0, 0.1) is 0 Å². The van der Waals surface area contributed by atoms with Gasteiger partial charge in [0.15, 0.2) is 0 Å². The SMILES string of the molecule is CCO[C@H]1CCN(C(=O)C2(O)CC2)C[C@H]1F. The van der Waals surface area contributed by atoms with Crippen molar-refractivity contribution < 1.29 is 19.0 Å². The second-order valence-electron chi connectivity index (χ2n) is 4.58. The Labute approximate surface area is 94.4 Å². The summed E-state index contributed by atoms with van der Waals surface area (Å²) in [7, 11) is 0. The maximum atomic E-state index is 13.7. The van der Waals surface area contributed by atoms with Gasteiger partial charge in [-0.2, -0.15) is 0 Å². The van der Waals surface area contributed by atoms with E-state index < -0.39 is 17.9 Å². The summed E-state index contributed by atoms with van der Waals surface area (Å²) in [5.41, 5.74) is -1.18. The lowest BCUT2D eigenvalue weighted by molar-refractivity contribution is -0.148. The highest BCUT2D eigenvalue weighted by atomic mass is 19.1. The molecule has 4 nitrogen and oxygen atoms in total. The Kier molecular flexibility index (Phi) is 3.17. The lowest BCUT2D eigenvalue weighted by atomic mass is 10.0. The Balaban J connectivity index is 1.89. The predicted octanol–water partition coefficient (Wildman–Crippen LogP) is 0.487. The van der Waals surface area contributed by atoms with Crippen molar-refractivity contribution in [2.24, 2.45) is 0 Å². The van der Waals surface area contributed by atoms with Gasteiger partial charge in [-0.05, 0) is 26.2 Å². The maximum absolute atomic E-state index is 13.7. The number of nitrogens with zero attached hydrogens (tertiary/aromatic N) is 1. The molecule has 1 aliphatic carbocycles. The van der Waals surface area contributed by atoms with Crippen molar-refractivity contribution >= 4 is 5.91 Å². The summed E-state index contributed by atoms with van der Waals surface area (Å²) < 4.78 is 18.9. The number of alkyl halides is 1. The van der Waals surface area contributed by atoms with E-state index in [4.69, 9.17) is 4.74 Å². The molecule has 2 aliphatic rings. The summed E-state index contributed by atoms with van der Waals surface area (Å²) in [6.07, 6.45) is -0.0120. The van der Waals surface area contributed by atoms with Gasteiger partial charge in [-0.25, -0.2) is 4.39 Å². The summed E-state index contributed by atoms with van der Waals surface area (Å²) in [5, 5.41) is 9.66. The Morgan fingerprint density at radius 1 is 1.62 bits per heavy atom. The van der Waals surface area contributed by atoms with Crippen molar-refractivity contribution in [2.75, 3.05) is 19.7 Å². The normalized spacial score (nSPS) is 32.6. The van der Waals surface area contributed by atoms with E-state index in [1.165, 1.54) is 4.90 Å². The largest absolute Gasteiger partial charge is 0.380 e. The molecule has 0 aromatic heterocycles. The third kappa shape index (κ3) is 2.20. The lowest BCUT2D eigenvalue weighted by Gasteiger charge is -2.35. The number of likely N-dealkylation sites (tertiary alicyclic amines) is 1. The monoisotopic (exact) mass is 231 g/mol. The molecule has 1 saturated heterocycles. The molecule has 1 amide bonds. The average Bonchev–Trinajstić information content (AvgIpc) is 3.00. The molecular formula is C11H18FNO3. The van der Waals surface area contributed by atoms with E-state index in [1.807, 2.05) is 6.92 Å². The zero-order chi connectivity index (χ0) is 11.8. The molecule has 1 N–H and O–H groups in total. The molecule has 0 aromatic rings. The van der Waals surface area contributed by atoms with Crippen LogP contribution in [0.3, 0.4) is 0 Å². The van der Waals surface area contributed by atoms with Crippen molar-refractivity contribution in [1.29, 1.82) is 0 Å². The van der Waals surface area contributed by atoms with Gasteiger partial charge in [0.05, 0.1) is 12.6 Å². The number of ether oxygens (including phenoxy) is 1. The molecule has 92 valence electrons. The minimum Gasteiger partial charge on any atom is -0.380 e. The summed E-state index contributed by atoms with van der Waals surface area (Å²) in [6, 6.07) is 0. The Bertz CT molecular complexity index is 280. The van der Waals surface area contributed by atoms with E-state index in [0.717, 1.165) is 0 Å². The van der Waals surface area contributed by atoms with E-state index >= 15 is 0 Å². The quantitative estimate of drug-likeness (QED) is 0.769. The summed E-state index contributed by atoms with van der Waals surface area (Å²) in [5.74, 6) is -0.315. The first-order chi connectivity index (χ1) is 7.57. The Hall–Kier alpha value is -0.680. The fourth-order valence-corrected chi connectivity index (χ4v) is 2.10. The zero-order valence-corrected chi connectivity index (χ0v) is 9.49. The van der Waals surface area contributed by atoms with Gasteiger partial charge in [-0.15, -0.1) is 0 Å². The van der Waals surface area contributed by atoms with Crippen LogP contribution in [0.5, 0.6) is 0 Å². The van der Waals surface area contributed by atoms with Gasteiger partial charge in [0.1, 0.15) is 11.8 Å². The molecule has 2 rings (SSSR count). The summed E-state index contributed by atoms with van der Waals surface area (Å²) in [6.45, 7) is 2.85. The second kappa shape index (κ2) is 4.30. The third-order valence-corrected chi connectivity index (χ3v) is 3.27. The zero-order valence-electron chi connectivity index (χ0n) is 9.49. The second-order valence-corrected chi connectivity index (χ2v) is 4.58. The molecule has 16 heavy (non-hydrogen) atoms. The predicted molar refractivity (Wildman–Crippen MR) is 55.7 cm³/mol. The number of carbonyl (C=O) groups excluding carboxylic acids is 1. The smallest absolute Gasteiger partial charge is 0.254 e. The fraction of sp³-hybridized carbons (Fsp3) is 0.909. The standard InChI is InChI=1S/C11H18FNO3/c1-2-16-9-3-6-13(7-8(9)12)10(14)11(15)4-5-11/h8-9,15H,2-7H2,1H3/t8-,9+/m1/s1. The Morgan fingerprint density at radius 2 is 2.31 bits per heavy atom. The van der Waals surface area contributed by atoms with Crippen LogP contribution in [-0.2, 0) is 9.53 Å². The number of hydrogen-bond acceptors (Lipinski definition) is 3. The lowest BCUT2D eigenvalue weighted by Crippen LogP contribution is -2.51. The molecular weight excluding hydrogens is 213 g/mol. The van der Waals surface area contributed by atoms with Crippen molar-refractivity contribution in [3.8, 4) is 0 Å². The van der Waals surface area contributed by atoms with E-state index in [1.54, 1.807) is 0 Å². The minimum absolute atomic E-state index is 0.0474. The number of amides is 1. The van der Waals surface area contributed by atoms with Gasteiger partial charge < -0.3 is 14.7 Å². The van der Waals surface area contributed by atoms with Crippen molar-refractivity contribution in [1.82, 2.24) is 4.90 Å². The van der Waals surface area contributed by atoms with E-state index in [-0.39, 0.29) is 12.5 Å². The van der Waals surface area contributed by atoms with Crippen LogP contribution in [-0.4, -0.2) is 53.5 Å². The van der Waals surface area contributed by atoms with E-state index in [2.05, 4.69) is 0 Å². The van der Waals surface area contributed by atoms with Crippen LogP contribution in [0.1, 0.15) is 26.2 Å². The fourth-order valence-electron chi connectivity index (χ4n) is 2.10. The van der Waals surface area contributed by atoms with Crippen molar-refractivity contribution in [3.63, 3.8) is 0 Å². The van der Waals surface area contributed by atoms with E-state index in [9.17, 15) is 14.3 Å². The molecule has 0 spiro atoms. The molecule has 1 aliphatic heterocycles. The molecule has 1 saturated carbocycles. The van der Waals surface area contributed by atoms with Gasteiger partial charge in [0.25, 0.3) is 5.91 Å². The first-order valence-electron chi connectivity index (χ1n) is 5.84. The summed E-state index contributed by atoms with van der Waals surface area (Å²) in [4.78, 5) is 13.2. The molecule has 0 bridgehead atoms. The van der Waals surface area contributed by atoms with Gasteiger partial charge >= 0.3 is 0 Å². The number of aliphatic hydroxyl groups is 1. The third-order valence-electron chi connectivity index (χ3n) is 3.27. The van der Waals surface area contributed by atoms with Crippen LogP contribution in [0.2, 0.25) is 0 Å².